The highest BCUT2D eigenvalue weighted by Gasteiger charge is 2.24. The van der Waals surface area contributed by atoms with Gasteiger partial charge in [0, 0.05) is 37.4 Å². The molecule has 128 valence electrons. The van der Waals surface area contributed by atoms with E-state index in [0.29, 0.717) is 5.69 Å². The Balaban J connectivity index is 2.55. The summed E-state index contributed by atoms with van der Waals surface area (Å²) in [5.74, 6) is 0. The predicted molar refractivity (Wildman–Crippen MR) is 98.8 cm³/mol. The second kappa shape index (κ2) is 7.49. The van der Waals surface area contributed by atoms with Crippen LogP contribution in [-0.2, 0) is 10.0 Å². The molecule has 0 fully saturated rings. The Bertz CT molecular complexity index is 800. The first kappa shape index (κ1) is 18.0. The van der Waals surface area contributed by atoms with E-state index < -0.39 is 10.0 Å². The number of hydrogen-bond donors (Lipinski definition) is 0. The number of rotatable bonds is 7. The zero-order valence-electron chi connectivity index (χ0n) is 14.3. The Labute approximate surface area is 144 Å². The summed E-state index contributed by atoms with van der Waals surface area (Å²) < 4.78 is 27.1. The van der Waals surface area contributed by atoms with Crippen molar-refractivity contribution in [3.63, 3.8) is 0 Å². The second-order valence-corrected chi connectivity index (χ2v) is 7.12. The summed E-state index contributed by atoms with van der Waals surface area (Å²) in [5, 5.41) is 0. The first-order valence-electron chi connectivity index (χ1n) is 7.88. The third-order valence-corrected chi connectivity index (χ3v) is 5.66. The number of sulfonamides is 1. The number of aromatic nitrogens is 1. The molecule has 0 N–H and O–H groups in total. The molecule has 2 rings (SSSR count). The van der Waals surface area contributed by atoms with Crippen LogP contribution in [0.5, 0.6) is 0 Å². The van der Waals surface area contributed by atoms with Gasteiger partial charge in [0.25, 0.3) is 10.0 Å². The standard InChI is InChI=1S/C18H23N3O2S/c1-5-20(6-2)16-9-8-15(4)18(14-16)21(7-3)24(22,23)17-10-12-19-13-11-17/h7-14H,3,5-6H2,1-2,4H3. The Kier molecular flexibility index (Phi) is 5.62. The lowest BCUT2D eigenvalue weighted by Crippen LogP contribution is -2.27. The molecule has 1 aromatic heterocycles. The van der Waals surface area contributed by atoms with Gasteiger partial charge in [-0.2, -0.15) is 0 Å². The van der Waals surface area contributed by atoms with Gasteiger partial charge < -0.3 is 4.90 Å². The maximum Gasteiger partial charge on any atom is 0.268 e. The van der Waals surface area contributed by atoms with Crippen LogP contribution >= 0.6 is 0 Å². The van der Waals surface area contributed by atoms with Gasteiger partial charge in [-0.15, -0.1) is 0 Å². The normalized spacial score (nSPS) is 11.1. The van der Waals surface area contributed by atoms with Gasteiger partial charge in [-0.1, -0.05) is 12.6 Å². The number of pyridine rings is 1. The SMILES string of the molecule is C=CN(c1cc(N(CC)CC)ccc1C)S(=O)(=O)c1ccncc1. The van der Waals surface area contributed by atoms with Gasteiger partial charge in [0.2, 0.25) is 0 Å². The zero-order valence-corrected chi connectivity index (χ0v) is 15.1. The van der Waals surface area contributed by atoms with Gasteiger partial charge in [-0.05, 0) is 50.6 Å². The lowest BCUT2D eigenvalue weighted by atomic mass is 10.1. The molecule has 0 saturated heterocycles. The van der Waals surface area contributed by atoms with Crippen LogP contribution < -0.4 is 9.21 Å². The topological polar surface area (TPSA) is 53.5 Å². The van der Waals surface area contributed by atoms with E-state index >= 15 is 0 Å². The second-order valence-electron chi connectivity index (χ2n) is 5.31. The summed E-state index contributed by atoms with van der Waals surface area (Å²) in [7, 11) is -3.73. The lowest BCUT2D eigenvalue weighted by Gasteiger charge is -2.26. The number of benzene rings is 1. The van der Waals surface area contributed by atoms with E-state index in [1.54, 1.807) is 0 Å². The third kappa shape index (κ3) is 3.43. The van der Waals surface area contributed by atoms with Crippen LogP contribution in [-0.4, -0.2) is 26.5 Å². The highest BCUT2D eigenvalue weighted by molar-refractivity contribution is 7.93. The van der Waals surface area contributed by atoms with Crippen LogP contribution in [0.25, 0.3) is 0 Å². The summed E-state index contributed by atoms with van der Waals surface area (Å²) in [6.07, 6.45) is 4.27. The smallest absolute Gasteiger partial charge is 0.268 e. The Morgan fingerprint density at radius 1 is 1.12 bits per heavy atom. The van der Waals surface area contributed by atoms with Gasteiger partial charge in [0.15, 0.2) is 0 Å². The Hall–Kier alpha value is -2.34. The first-order chi connectivity index (χ1) is 11.5. The molecular formula is C18H23N3O2S. The molecule has 5 nitrogen and oxygen atoms in total. The predicted octanol–water partition coefficient (Wildman–Crippen LogP) is 3.58. The molecule has 0 radical (unpaired) electrons. The van der Waals surface area contributed by atoms with Gasteiger partial charge in [0.05, 0.1) is 10.6 Å². The minimum Gasteiger partial charge on any atom is -0.372 e. The molecule has 2 aromatic rings. The molecule has 6 heteroatoms. The van der Waals surface area contributed by atoms with Crippen LogP contribution in [0.15, 0.2) is 60.4 Å². The quantitative estimate of drug-likeness (QED) is 0.770. The van der Waals surface area contributed by atoms with Gasteiger partial charge in [-0.3, -0.25) is 4.98 Å². The van der Waals surface area contributed by atoms with E-state index in [9.17, 15) is 8.42 Å². The fourth-order valence-corrected chi connectivity index (χ4v) is 3.92. The summed E-state index contributed by atoms with van der Waals surface area (Å²) in [4.78, 5) is 6.23. The summed E-state index contributed by atoms with van der Waals surface area (Å²) in [6.45, 7) is 11.4. The van der Waals surface area contributed by atoms with E-state index in [1.165, 1.54) is 35.0 Å². The fourth-order valence-electron chi connectivity index (χ4n) is 2.57. The van der Waals surface area contributed by atoms with E-state index in [0.717, 1.165) is 24.3 Å². The van der Waals surface area contributed by atoms with E-state index in [2.05, 4.69) is 30.3 Å². The molecular weight excluding hydrogens is 322 g/mol. The van der Waals surface area contributed by atoms with Crippen LogP contribution in [0.4, 0.5) is 11.4 Å². The van der Waals surface area contributed by atoms with Crippen LogP contribution in [0.3, 0.4) is 0 Å². The van der Waals surface area contributed by atoms with Crippen LogP contribution in [0.2, 0.25) is 0 Å². The summed E-state index contributed by atoms with van der Waals surface area (Å²) in [6, 6.07) is 8.79. The fraction of sp³-hybridized carbons (Fsp3) is 0.278. The maximum absolute atomic E-state index is 12.9. The van der Waals surface area contributed by atoms with Crippen molar-refractivity contribution >= 4 is 21.4 Å². The molecule has 0 aliphatic carbocycles. The molecule has 0 amide bonds. The number of aryl methyl sites for hydroxylation is 1. The molecule has 24 heavy (non-hydrogen) atoms. The van der Waals surface area contributed by atoms with Gasteiger partial charge in [0.1, 0.15) is 0 Å². The van der Waals surface area contributed by atoms with Gasteiger partial charge >= 0.3 is 0 Å². The van der Waals surface area contributed by atoms with E-state index in [4.69, 9.17) is 0 Å². The summed E-state index contributed by atoms with van der Waals surface area (Å²) >= 11 is 0. The van der Waals surface area contributed by atoms with Crippen molar-refractivity contribution in [3.8, 4) is 0 Å². The molecule has 0 atom stereocenters. The van der Waals surface area contributed by atoms with Crippen molar-refractivity contribution in [2.75, 3.05) is 22.3 Å². The minimum absolute atomic E-state index is 0.185. The van der Waals surface area contributed by atoms with Crippen molar-refractivity contribution in [2.45, 2.75) is 25.7 Å². The molecule has 0 aliphatic heterocycles. The average Bonchev–Trinajstić information content (AvgIpc) is 2.59. The molecule has 0 unspecified atom stereocenters. The minimum atomic E-state index is -3.73. The number of nitrogens with zero attached hydrogens (tertiary/aromatic N) is 3. The highest BCUT2D eigenvalue weighted by atomic mass is 32.2. The van der Waals surface area contributed by atoms with Crippen molar-refractivity contribution in [3.05, 3.63) is 61.1 Å². The molecule has 1 heterocycles. The third-order valence-electron chi connectivity index (χ3n) is 3.93. The zero-order chi connectivity index (χ0) is 17.7. The van der Waals surface area contributed by atoms with Crippen molar-refractivity contribution < 1.29 is 8.42 Å². The molecule has 0 aliphatic rings. The van der Waals surface area contributed by atoms with E-state index in [-0.39, 0.29) is 4.90 Å². The van der Waals surface area contributed by atoms with Crippen LogP contribution in [0.1, 0.15) is 19.4 Å². The number of anilines is 2. The molecule has 1 aromatic carbocycles. The molecule has 0 saturated carbocycles. The Morgan fingerprint density at radius 3 is 2.29 bits per heavy atom. The molecule has 0 bridgehead atoms. The average molecular weight is 345 g/mol. The van der Waals surface area contributed by atoms with Crippen molar-refractivity contribution in [1.29, 1.82) is 0 Å². The van der Waals surface area contributed by atoms with Crippen molar-refractivity contribution in [2.24, 2.45) is 0 Å². The Morgan fingerprint density at radius 2 is 1.75 bits per heavy atom. The monoisotopic (exact) mass is 345 g/mol. The largest absolute Gasteiger partial charge is 0.372 e. The maximum atomic E-state index is 12.9. The number of hydrogen-bond acceptors (Lipinski definition) is 4. The van der Waals surface area contributed by atoms with Gasteiger partial charge in [-0.25, -0.2) is 12.7 Å². The van der Waals surface area contributed by atoms with E-state index in [1.807, 2.05) is 25.1 Å². The highest BCUT2D eigenvalue weighted by Crippen LogP contribution is 2.30. The molecule has 0 spiro atoms. The lowest BCUT2D eigenvalue weighted by molar-refractivity contribution is 0.595. The van der Waals surface area contributed by atoms with Crippen molar-refractivity contribution in [1.82, 2.24) is 4.98 Å². The summed E-state index contributed by atoms with van der Waals surface area (Å²) in [5.41, 5.74) is 2.45. The van der Waals surface area contributed by atoms with Crippen LogP contribution in [0, 0.1) is 6.92 Å². The first-order valence-corrected chi connectivity index (χ1v) is 9.32.